The smallest absolute Gasteiger partial charge is 0.130 e. The van der Waals surface area contributed by atoms with E-state index in [2.05, 4.69) is 47.8 Å². The van der Waals surface area contributed by atoms with Crippen molar-refractivity contribution >= 4 is 5.82 Å². The predicted octanol–water partition coefficient (Wildman–Crippen LogP) is 3.00. The molecule has 0 aliphatic carbocycles. The first kappa shape index (κ1) is 13.3. The number of pyridine rings is 1. The van der Waals surface area contributed by atoms with E-state index in [1.165, 1.54) is 30.5 Å². The maximum absolute atomic E-state index is 4.62. The third kappa shape index (κ3) is 2.51. The Bertz CT molecular complexity index is 412. The van der Waals surface area contributed by atoms with Crippen molar-refractivity contribution in [2.45, 2.75) is 45.7 Å². The van der Waals surface area contributed by atoms with Gasteiger partial charge in [-0.1, -0.05) is 0 Å². The van der Waals surface area contributed by atoms with Crippen LogP contribution in [0.4, 0.5) is 5.82 Å². The molecule has 0 amide bonds. The Morgan fingerprint density at radius 3 is 2.67 bits per heavy atom. The molecule has 0 aromatic carbocycles. The molecule has 1 aromatic heterocycles. The van der Waals surface area contributed by atoms with Crippen LogP contribution < -0.4 is 4.90 Å². The molecule has 1 atom stereocenters. The second kappa shape index (κ2) is 5.27. The molecule has 1 fully saturated rings. The van der Waals surface area contributed by atoms with E-state index in [1.807, 2.05) is 14.1 Å². The molecule has 1 aliphatic rings. The summed E-state index contributed by atoms with van der Waals surface area (Å²) < 4.78 is 0. The number of aryl methyl sites for hydroxylation is 1. The number of hydrogen-bond donors (Lipinski definition) is 0. The second-order valence-corrected chi connectivity index (χ2v) is 5.79. The van der Waals surface area contributed by atoms with Gasteiger partial charge >= 0.3 is 0 Å². The van der Waals surface area contributed by atoms with Crippen LogP contribution in [0.3, 0.4) is 0 Å². The molecular formula is C15H25N3. The zero-order valence-corrected chi connectivity index (χ0v) is 12.3. The fraction of sp³-hybridized carbons (Fsp3) is 0.667. The van der Waals surface area contributed by atoms with E-state index in [1.54, 1.807) is 0 Å². The molecule has 2 heterocycles. The van der Waals surface area contributed by atoms with Crippen molar-refractivity contribution in [1.29, 1.82) is 0 Å². The van der Waals surface area contributed by atoms with Crippen LogP contribution in [0.2, 0.25) is 0 Å². The van der Waals surface area contributed by atoms with Crippen molar-refractivity contribution in [2.24, 2.45) is 0 Å². The lowest BCUT2D eigenvalue weighted by Crippen LogP contribution is -2.30. The van der Waals surface area contributed by atoms with Crippen molar-refractivity contribution in [2.75, 3.05) is 25.5 Å². The van der Waals surface area contributed by atoms with E-state index in [9.17, 15) is 0 Å². The second-order valence-electron chi connectivity index (χ2n) is 5.79. The fourth-order valence-electron chi connectivity index (χ4n) is 3.00. The Balaban J connectivity index is 2.26. The summed E-state index contributed by atoms with van der Waals surface area (Å²) in [7, 11) is 4.09. The summed E-state index contributed by atoms with van der Waals surface area (Å²) in [5.41, 5.74) is 2.65. The molecule has 3 heteroatoms. The van der Waals surface area contributed by atoms with Crippen molar-refractivity contribution in [3.05, 3.63) is 23.4 Å². The van der Waals surface area contributed by atoms with Crippen LogP contribution in [0.15, 0.2) is 12.3 Å². The molecule has 18 heavy (non-hydrogen) atoms. The van der Waals surface area contributed by atoms with Gasteiger partial charge in [-0.3, -0.25) is 4.90 Å². The summed E-state index contributed by atoms with van der Waals surface area (Å²) in [6.07, 6.45) is 4.63. The zero-order valence-electron chi connectivity index (χ0n) is 12.3. The van der Waals surface area contributed by atoms with Gasteiger partial charge in [-0.15, -0.1) is 0 Å². The Hall–Kier alpha value is -1.09. The average molecular weight is 247 g/mol. The molecule has 1 aromatic rings. The van der Waals surface area contributed by atoms with Gasteiger partial charge in [0.1, 0.15) is 5.82 Å². The van der Waals surface area contributed by atoms with Gasteiger partial charge in [0.15, 0.2) is 0 Å². The molecule has 0 spiro atoms. The van der Waals surface area contributed by atoms with E-state index >= 15 is 0 Å². The Morgan fingerprint density at radius 1 is 1.39 bits per heavy atom. The minimum atomic E-state index is 0.562. The van der Waals surface area contributed by atoms with Crippen LogP contribution >= 0.6 is 0 Å². The highest BCUT2D eigenvalue weighted by atomic mass is 15.2. The van der Waals surface area contributed by atoms with Crippen LogP contribution in [0.5, 0.6) is 0 Å². The monoisotopic (exact) mass is 247 g/mol. The summed E-state index contributed by atoms with van der Waals surface area (Å²) in [5.74, 6) is 1.08. The van der Waals surface area contributed by atoms with Crippen LogP contribution in [0.1, 0.15) is 43.9 Å². The van der Waals surface area contributed by atoms with E-state index in [4.69, 9.17) is 0 Å². The number of anilines is 1. The van der Waals surface area contributed by atoms with Crippen molar-refractivity contribution < 1.29 is 0 Å². The molecule has 0 radical (unpaired) electrons. The third-order valence-electron chi connectivity index (χ3n) is 3.84. The highest BCUT2D eigenvalue weighted by molar-refractivity contribution is 5.46. The van der Waals surface area contributed by atoms with Gasteiger partial charge in [0.2, 0.25) is 0 Å². The van der Waals surface area contributed by atoms with Crippen LogP contribution in [0, 0.1) is 6.92 Å². The van der Waals surface area contributed by atoms with Gasteiger partial charge in [-0.25, -0.2) is 4.98 Å². The highest BCUT2D eigenvalue weighted by Gasteiger charge is 2.28. The first-order chi connectivity index (χ1) is 8.50. The molecule has 0 N–H and O–H groups in total. The first-order valence-electron chi connectivity index (χ1n) is 6.90. The lowest BCUT2D eigenvalue weighted by Gasteiger charge is -2.29. The fourth-order valence-corrected chi connectivity index (χ4v) is 3.00. The topological polar surface area (TPSA) is 19.4 Å². The van der Waals surface area contributed by atoms with E-state index < -0.39 is 0 Å². The van der Waals surface area contributed by atoms with E-state index in [0.717, 1.165) is 5.82 Å². The molecule has 1 unspecified atom stereocenters. The standard InChI is InChI=1S/C15H25N3/c1-11(2)18-8-6-7-14(18)13-9-12(3)15(16-10-13)17(4)5/h9-11,14H,6-8H2,1-5H3. The van der Waals surface area contributed by atoms with E-state index in [0.29, 0.717) is 12.1 Å². The Kier molecular flexibility index (Phi) is 3.91. The maximum atomic E-state index is 4.62. The SMILES string of the molecule is Cc1cc(C2CCCN2C(C)C)cnc1N(C)C. The quantitative estimate of drug-likeness (QED) is 0.818. The summed E-state index contributed by atoms with van der Waals surface area (Å²) in [6, 6.07) is 3.49. The van der Waals surface area contributed by atoms with Crippen LogP contribution in [-0.4, -0.2) is 36.6 Å². The highest BCUT2D eigenvalue weighted by Crippen LogP contribution is 2.34. The van der Waals surface area contributed by atoms with Gasteiger partial charge in [-0.2, -0.15) is 0 Å². The Morgan fingerprint density at radius 2 is 2.11 bits per heavy atom. The molecule has 0 saturated carbocycles. The minimum absolute atomic E-state index is 0.562. The van der Waals surface area contributed by atoms with Gasteiger partial charge in [-0.05, 0) is 57.4 Å². The Labute approximate surface area is 111 Å². The number of rotatable bonds is 3. The van der Waals surface area contributed by atoms with Gasteiger partial charge in [0.25, 0.3) is 0 Å². The van der Waals surface area contributed by atoms with Crippen molar-refractivity contribution in [3.8, 4) is 0 Å². The van der Waals surface area contributed by atoms with Gasteiger partial charge in [0.05, 0.1) is 0 Å². The minimum Gasteiger partial charge on any atom is -0.363 e. The number of aromatic nitrogens is 1. The number of nitrogens with zero attached hydrogens (tertiary/aromatic N) is 3. The van der Waals surface area contributed by atoms with Crippen LogP contribution in [0.25, 0.3) is 0 Å². The molecule has 3 nitrogen and oxygen atoms in total. The molecule has 100 valence electrons. The van der Waals surface area contributed by atoms with Crippen LogP contribution in [-0.2, 0) is 0 Å². The van der Waals surface area contributed by atoms with Gasteiger partial charge < -0.3 is 4.90 Å². The third-order valence-corrected chi connectivity index (χ3v) is 3.84. The average Bonchev–Trinajstić information content (AvgIpc) is 2.77. The van der Waals surface area contributed by atoms with Crippen molar-refractivity contribution in [3.63, 3.8) is 0 Å². The summed E-state index contributed by atoms with van der Waals surface area (Å²) in [5, 5.41) is 0. The molecular weight excluding hydrogens is 222 g/mol. The molecule has 1 saturated heterocycles. The van der Waals surface area contributed by atoms with E-state index in [-0.39, 0.29) is 0 Å². The lowest BCUT2D eigenvalue weighted by molar-refractivity contribution is 0.205. The van der Waals surface area contributed by atoms with Gasteiger partial charge in [0, 0.05) is 32.4 Å². The number of likely N-dealkylation sites (tertiary alicyclic amines) is 1. The molecule has 2 rings (SSSR count). The largest absolute Gasteiger partial charge is 0.363 e. The normalized spacial score (nSPS) is 20.7. The lowest BCUT2D eigenvalue weighted by atomic mass is 10.0. The first-order valence-corrected chi connectivity index (χ1v) is 6.90. The summed E-state index contributed by atoms with van der Waals surface area (Å²) in [6.45, 7) is 7.94. The van der Waals surface area contributed by atoms with Crippen molar-refractivity contribution in [1.82, 2.24) is 9.88 Å². The summed E-state index contributed by atoms with van der Waals surface area (Å²) >= 11 is 0. The predicted molar refractivity (Wildman–Crippen MR) is 77.1 cm³/mol. The zero-order chi connectivity index (χ0) is 13.3. The number of hydrogen-bond acceptors (Lipinski definition) is 3. The maximum Gasteiger partial charge on any atom is 0.130 e. The summed E-state index contributed by atoms with van der Waals surface area (Å²) in [4.78, 5) is 9.28. The molecule has 0 bridgehead atoms. The molecule has 1 aliphatic heterocycles.